The number of fused-ring (bicyclic) bond motifs is 1. The number of hydrogen-bond acceptors (Lipinski definition) is 4. The van der Waals surface area contributed by atoms with Crippen LogP contribution in [-0.2, 0) is 0 Å². The van der Waals surface area contributed by atoms with E-state index in [-0.39, 0.29) is 17.6 Å². The Bertz CT molecular complexity index is 932. The molecule has 0 radical (unpaired) electrons. The van der Waals surface area contributed by atoms with Crippen LogP contribution in [0.2, 0.25) is 5.02 Å². The second kappa shape index (κ2) is 7.04. The number of carbonyl (C=O) groups is 1. The summed E-state index contributed by atoms with van der Waals surface area (Å²) >= 11 is 5.80. The molecule has 0 spiro atoms. The monoisotopic (exact) mass is 359 g/mol. The minimum absolute atomic E-state index is 0.0531. The maximum absolute atomic E-state index is 14.2. The minimum atomic E-state index is -0.925. The Morgan fingerprint density at radius 3 is 2.68 bits per heavy atom. The first-order valence-electron chi connectivity index (χ1n) is 7.52. The summed E-state index contributed by atoms with van der Waals surface area (Å²) < 4.78 is 14.2. The first-order chi connectivity index (χ1) is 12.0. The van der Waals surface area contributed by atoms with E-state index in [1.165, 1.54) is 18.3 Å². The Labute approximate surface area is 148 Å². The maximum Gasteiger partial charge on any atom is 0.270 e. The molecule has 0 fully saturated rings. The van der Waals surface area contributed by atoms with Gasteiger partial charge in [0.2, 0.25) is 0 Å². The van der Waals surface area contributed by atoms with Gasteiger partial charge in [0.15, 0.2) is 0 Å². The number of carbonyl (C=O) groups excluding carboxylic acids is 1. The predicted octanol–water partition coefficient (Wildman–Crippen LogP) is 3.07. The number of nitrogens with zero attached hydrogens (tertiary/aromatic N) is 1. The standard InChI is InChI=1S/C18H15ClFN3O2/c19-11-3-1-10(2-4-11)15(24)9-23-18(25)17-16-12(7-8-22-17)14(21)6-5-13(16)20/h1-8,15,24H,9,21H2,(H,23,25). The molecule has 1 unspecified atom stereocenters. The zero-order valence-corrected chi connectivity index (χ0v) is 13.8. The molecule has 4 N–H and O–H groups in total. The van der Waals surface area contributed by atoms with Crippen molar-refractivity contribution in [3.63, 3.8) is 0 Å². The van der Waals surface area contributed by atoms with Gasteiger partial charge in [-0.25, -0.2) is 4.39 Å². The summed E-state index contributed by atoms with van der Waals surface area (Å²) in [5, 5.41) is 13.7. The molecule has 3 rings (SSSR count). The molecule has 0 aliphatic carbocycles. The number of nitrogen functional groups attached to an aromatic ring is 1. The molecule has 128 valence electrons. The van der Waals surface area contributed by atoms with Crippen LogP contribution in [0.25, 0.3) is 10.8 Å². The maximum atomic E-state index is 14.2. The van der Waals surface area contributed by atoms with Crippen molar-refractivity contribution in [3.05, 3.63) is 70.8 Å². The van der Waals surface area contributed by atoms with E-state index >= 15 is 0 Å². The Morgan fingerprint density at radius 1 is 1.24 bits per heavy atom. The van der Waals surface area contributed by atoms with Gasteiger partial charge in [-0.05, 0) is 35.9 Å². The lowest BCUT2D eigenvalue weighted by molar-refractivity contribution is 0.0913. The van der Waals surface area contributed by atoms with Crippen LogP contribution in [0.15, 0.2) is 48.7 Å². The van der Waals surface area contributed by atoms with Crippen molar-refractivity contribution in [3.8, 4) is 0 Å². The number of amides is 1. The fraction of sp³-hybridized carbons (Fsp3) is 0.111. The molecule has 1 atom stereocenters. The van der Waals surface area contributed by atoms with E-state index < -0.39 is 17.8 Å². The minimum Gasteiger partial charge on any atom is -0.398 e. The molecule has 25 heavy (non-hydrogen) atoms. The van der Waals surface area contributed by atoms with Crippen LogP contribution in [0.3, 0.4) is 0 Å². The number of halogens is 2. The van der Waals surface area contributed by atoms with Gasteiger partial charge in [0.05, 0.1) is 11.5 Å². The first kappa shape index (κ1) is 17.1. The van der Waals surface area contributed by atoms with Crippen LogP contribution in [0, 0.1) is 5.82 Å². The third kappa shape index (κ3) is 3.55. The molecule has 2 aromatic carbocycles. The average Bonchev–Trinajstić information content (AvgIpc) is 2.62. The van der Waals surface area contributed by atoms with Gasteiger partial charge >= 0.3 is 0 Å². The van der Waals surface area contributed by atoms with E-state index in [2.05, 4.69) is 10.3 Å². The zero-order valence-electron chi connectivity index (χ0n) is 13.0. The van der Waals surface area contributed by atoms with E-state index in [1.807, 2.05) is 0 Å². The molecule has 0 bridgehead atoms. The van der Waals surface area contributed by atoms with Gasteiger partial charge in [0.1, 0.15) is 11.5 Å². The lowest BCUT2D eigenvalue weighted by Gasteiger charge is -2.13. The van der Waals surface area contributed by atoms with E-state index in [1.54, 1.807) is 30.3 Å². The molecule has 1 aromatic heterocycles. The first-order valence-corrected chi connectivity index (χ1v) is 7.89. The number of aliphatic hydroxyl groups is 1. The molecule has 0 aliphatic heterocycles. The fourth-order valence-corrected chi connectivity index (χ4v) is 2.65. The fourth-order valence-electron chi connectivity index (χ4n) is 2.53. The molecular formula is C18H15ClFN3O2. The topological polar surface area (TPSA) is 88.2 Å². The van der Waals surface area contributed by atoms with Crippen LogP contribution < -0.4 is 11.1 Å². The quantitative estimate of drug-likeness (QED) is 0.625. The Hall–Kier alpha value is -2.70. The number of anilines is 1. The highest BCUT2D eigenvalue weighted by atomic mass is 35.5. The molecule has 0 saturated heterocycles. The summed E-state index contributed by atoms with van der Waals surface area (Å²) in [6.45, 7) is -0.0531. The Morgan fingerprint density at radius 2 is 1.96 bits per heavy atom. The van der Waals surface area contributed by atoms with Gasteiger partial charge < -0.3 is 16.2 Å². The third-order valence-electron chi connectivity index (χ3n) is 3.84. The highest BCUT2D eigenvalue weighted by Crippen LogP contribution is 2.25. The average molecular weight is 360 g/mol. The SMILES string of the molecule is Nc1ccc(F)c2c(C(=O)NCC(O)c3ccc(Cl)cc3)nccc12. The Kier molecular flexibility index (Phi) is 4.83. The van der Waals surface area contributed by atoms with E-state index in [4.69, 9.17) is 17.3 Å². The lowest BCUT2D eigenvalue weighted by Crippen LogP contribution is -2.29. The van der Waals surface area contributed by atoms with Crippen molar-refractivity contribution in [2.45, 2.75) is 6.10 Å². The number of rotatable bonds is 4. The van der Waals surface area contributed by atoms with Gasteiger partial charge in [0, 0.05) is 28.8 Å². The molecule has 0 aliphatic rings. The van der Waals surface area contributed by atoms with Crippen molar-refractivity contribution in [1.82, 2.24) is 10.3 Å². The molecule has 1 heterocycles. The van der Waals surface area contributed by atoms with E-state index in [0.29, 0.717) is 21.7 Å². The van der Waals surface area contributed by atoms with Crippen LogP contribution in [-0.4, -0.2) is 22.5 Å². The lowest BCUT2D eigenvalue weighted by atomic mass is 10.1. The van der Waals surface area contributed by atoms with Crippen LogP contribution in [0.1, 0.15) is 22.2 Å². The second-order valence-corrected chi connectivity index (χ2v) is 5.93. The summed E-state index contributed by atoms with van der Waals surface area (Å²) in [4.78, 5) is 16.4. The van der Waals surface area contributed by atoms with Gasteiger partial charge in [-0.3, -0.25) is 9.78 Å². The van der Waals surface area contributed by atoms with Crippen molar-refractivity contribution < 1.29 is 14.3 Å². The molecule has 1 amide bonds. The van der Waals surface area contributed by atoms with Crippen molar-refractivity contribution in [2.75, 3.05) is 12.3 Å². The molecule has 3 aromatic rings. The number of nitrogens with two attached hydrogens (primary N) is 1. The normalized spacial score (nSPS) is 12.1. The van der Waals surface area contributed by atoms with E-state index in [0.717, 1.165) is 0 Å². The van der Waals surface area contributed by atoms with Gasteiger partial charge in [-0.15, -0.1) is 0 Å². The molecule has 5 nitrogen and oxygen atoms in total. The van der Waals surface area contributed by atoms with Crippen LogP contribution >= 0.6 is 11.6 Å². The number of aliphatic hydroxyl groups excluding tert-OH is 1. The second-order valence-electron chi connectivity index (χ2n) is 5.50. The number of aromatic nitrogens is 1. The van der Waals surface area contributed by atoms with Crippen LogP contribution in [0.5, 0.6) is 0 Å². The number of pyridine rings is 1. The van der Waals surface area contributed by atoms with Crippen molar-refractivity contribution in [2.24, 2.45) is 0 Å². The molecular weight excluding hydrogens is 345 g/mol. The Balaban J connectivity index is 1.81. The van der Waals surface area contributed by atoms with Crippen molar-refractivity contribution >= 4 is 34.0 Å². The number of nitrogens with one attached hydrogen (secondary N) is 1. The van der Waals surface area contributed by atoms with Gasteiger partial charge in [-0.2, -0.15) is 0 Å². The molecule has 7 heteroatoms. The summed E-state index contributed by atoms with van der Waals surface area (Å²) in [6.07, 6.45) is 0.467. The number of benzene rings is 2. The summed E-state index contributed by atoms with van der Waals surface area (Å²) in [6, 6.07) is 10.8. The highest BCUT2D eigenvalue weighted by Gasteiger charge is 2.17. The predicted molar refractivity (Wildman–Crippen MR) is 94.9 cm³/mol. The third-order valence-corrected chi connectivity index (χ3v) is 4.09. The summed E-state index contributed by atoms with van der Waals surface area (Å²) in [7, 11) is 0. The largest absolute Gasteiger partial charge is 0.398 e. The van der Waals surface area contributed by atoms with Gasteiger partial charge in [-0.1, -0.05) is 23.7 Å². The van der Waals surface area contributed by atoms with E-state index in [9.17, 15) is 14.3 Å². The number of hydrogen-bond donors (Lipinski definition) is 3. The molecule has 0 saturated carbocycles. The smallest absolute Gasteiger partial charge is 0.270 e. The summed E-state index contributed by atoms with van der Waals surface area (Å²) in [5.41, 5.74) is 6.71. The van der Waals surface area contributed by atoms with Crippen LogP contribution in [0.4, 0.5) is 10.1 Å². The van der Waals surface area contributed by atoms with Gasteiger partial charge in [0.25, 0.3) is 5.91 Å². The van der Waals surface area contributed by atoms with Crippen molar-refractivity contribution in [1.29, 1.82) is 0 Å². The summed E-state index contributed by atoms with van der Waals surface area (Å²) in [5.74, 6) is -1.18. The zero-order chi connectivity index (χ0) is 18.0. The highest BCUT2D eigenvalue weighted by molar-refractivity contribution is 6.30.